The van der Waals surface area contributed by atoms with Crippen LogP contribution in [-0.2, 0) is 11.2 Å². The van der Waals surface area contributed by atoms with Gasteiger partial charge in [0.15, 0.2) is 0 Å². The molecule has 1 aromatic rings. The van der Waals surface area contributed by atoms with Gasteiger partial charge in [-0.2, -0.15) is 0 Å². The molecule has 1 aromatic carbocycles. The van der Waals surface area contributed by atoms with Gasteiger partial charge in [-0.1, -0.05) is 12.1 Å². The first-order chi connectivity index (χ1) is 8.11. The maximum absolute atomic E-state index is 9.71. The summed E-state index contributed by atoms with van der Waals surface area (Å²) in [7, 11) is 1.65. The van der Waals surface area contributed by atoms with Crippen molar-refractivity contribution in [3.05, 3.63) is 29.8 Å². The third-order valence-electron chi connectivity index (χ3n) is 2.55. The Morgan fingerprint density at radius 1 is 1.18 bits per heavy atom. The zero-order valence-electron chi connectivity index (χ0n) is 10.8. The van der Waals surface area contributed by atoms with E-state index in [1.54, 1.807) is 7.11 Å². The second-order valence-electron chi connectivity index (χ2n) is 4.42. The lowest BCUT2D eigenvalue weighted by molar-refractivity contribution is 0.00287. The van der Waals surface area contributed by atoms with Gasteiger partial charge in [-0.15, -0.1) is 0 Å². The second kappa shape index (κ2) is 7.30. The Hall–Kier alpha value is -1.06. The highest BCUT2D eigenvalue weighted by Gasteiger charge is 2.06. The molecule has 0 spiro atoms. The molecule has 0 aliphatic rings. The Bertz CT molecular complexity index is 306. The summed E-state index contributed by atoms with van der Waals surface area (Å²) in [5, 5.41) is 9.71. The molecule has 1 N–H and O–H groups in total. The third kappa shape index (κ3) is 5.71. The molecular weight excluding hydrogens is 216 g/mol. The van der Waals surface area contributed by atoms with Crippen LogP contribution >= 0.6 is 0 Å². The van der Waals surface area contributed by atoms with Gasteiger partial charge in [0.25, 0.3) is 0 Å². The number of aliphatic hydroxyl groups excluding tert-OH is 1. The van der Waals surface area contributed by atoms with E-state index in [0.29, 0.717) is 6.61 Å². The average molecular weight is 238 g/mol. The minimum atomic E-state index is -0.389. The largest absolute Gasteiger partial charge is 0.497 e. The summed E-state index contributed by atoms with van der Waals surface area (Å²) < 4.78 is 10.4. The van der Waals surface area contributed by atoms with Crippen LogP contribution in [0.2, 0.25) is 0 Å². The van der Waals surface area contributed by atoms with E-state index in [-0.39, 0.29) is 12.2 Å². The quantitative estimate of drug-likeness (QED) is 0.793. The van der Waals surface area contributed by atoms with Crippen molar-refractivity contribution in [2.45, 2.75) is 38.9 Å². The van der Waals surface area contributed by atoms with Crippen LogP contribution in [0.1, 0.15) is 25.8 Å². The van der Waals surface area contributed by atoms with Crippen molar-refractivity contribution in [3.8, 4) is 5.75 Å². The summed E-state index contributed by atoms with van der Waals surface area (Å²) in [6, 6.07) is 7.92. The molecule has 1 atom stereocenters. The van der Waals surface area contributed by atoms with Gasteiger partial charge >= 0.3 is 0 Å². The molecule has 3 heteroatoms. The zero-order valence-corrected chi connectivity index (χ0v) is 10.8. The molecule has 0 aliphatic heterocycles. The fourth-order valence-electron chi connectivity index (χ4n) is 1.51. The van der Waals surface area contributed by atoms with E-state index in [9.17, 15) is 5.11 Å². The van der Waals surface area contributed by atoms with Gasteiger partial charge in [0, 0.05) is 0 Å². The monoisotopic (exact) mass is 238 g/mol. The van der Waals surface area contributed by atoms with Crippen molar-refractivity contribution in [3.63, 3.8) is 0 Å². The Kier molecular flexibility index (Phi) is 6.01. The van der Waals surface area contributed by atoms with Gasteiger partial charge in [-0.05, 0) is 44.4 Å². The van der Waals surface area contributed by atoms with E-state index in [4.69, 9.17) is 9.47 Å². The summed E-state index contributed by atoms with van der Waals surface area (Å²) in [4.78, 5) is 0. The Balaban J connectivity index is 2.29. The van der Waals surface area contributed by atoms with Crippen LogP contribution in [0.25, 0.3) is 0 Å². The minimum absolute atomic E-state index is 0.172. The molecule has 0 heterocycles. The summed E-state index contributed by atoms with van der Waals surface area (Å²) in [6.07, 6.45) is 1.36. The molecule has 0 radical (unpaired) electrons. The number of rotatable bonds is 7. The van der Waals surface area contributed by atoms with Crippen LogP contribution in [0.15, 0.2) is 24.3 Å². The van der Waals surface area contributed by atoms with Crippen molar-refractivity contribution < 1.29 is 14.6 Å². The highest BCUT2D eigenvalue weighted by molar-refractivity contribution is 5.27. The van der Waals surface area contributed by atoms with E-state index in [1.807, 2.05) is 38.1 Å². The lowest BCUT2D eigenvalue weighted by atomic mass is 10.1. The third-order valence-corrected chi connectivity index (χ3v) is 2.55. The molecule has 96 valence electrons. The van der Waals surface area contributed by atoms with Crippen LogP contribution in [0.3, 0.4) is 0 Å². The number of ether oxygens (including phenoxy) is 2. The summed E-state index contributed by atoms with van der Waals surface area (Å²) in [5.74, 6) is 0.859. The van der Waals surface area contributed by atoms with Gasteiger partial charge in [0.1, 0.15) is 5.75 Å². The van der Waals surface area contributed by atoms with E-state index < -0.39 is 0 Å². The second-order valence-corrected chi connectivity index (χ2v) is 4.42. The number of aryl methyl sites for hydroxylation is 1. The summed E-state index contributed by atoms with van der Waals surface area (Å²) in [6.45, 7) is 4.35. The van der Waals surface area contributed by atoms with E-state index in [0.717, 1.165) is 18.6 Å². The topological polar surface area (TPSA) is 38.7 Å². The minimum Gasteiger partial charge on any atom is -0.497 e. The molecular formula is C14H22O3. The predicted molar refractivity (Wildman–Crippen MR) is 68.4 cm³/mol. The van der Waals surface area contributed by atoms with E-state index in [2.05, 4.69) is 0 Å². The summed E-state index contributed by atoms with van der Waals surface area (Å²) in [5.41, 5.74) is 1.20. The molecule has 1 unspecified atom stereocenters. The van der Waals surface area contributed by atoms with Gasteiger partial charge in [-0.25, -0.2) is 0 Å². The molecule has 0 bridgehead atoms. The molecule has 0 aromatic heterocycles. The lowest BCUT2D eigenvalue weighted by Gasteiger charge is -2.13. The van der Waals surface area contributed by atoms with Gasteiger partial charge in [0.05, 0.1) is 25.9 Å². The van der Waals surface area contributed by atoms with Crippen molar-refractivity contribution in [1.82, 2.24) is 0 Å². The molecule has 1 rings (SSSR count). The fraction of sp³-hybridized carbons (Fsp3) is 0.571. The smallest absolute Gasteiger partial charge is 0.118 e. The van der Waals surface area contributed by atoms with Crippen LogP contribution in [0, 0.1) is 0 Å². The average Bonchev–Trinajstić information content (AvgIpc) is 2.34. The molecule has 0 aliphatic carbocycles. The zero-order chi connectivity index (χ0) is 12.7. The maximum atomic E-state index is 9.71. The molecule has 3 nitrogen and oxygen atoms in total. The Morgan fingerprint density at radius 3 is 2.35 bits per heavy atom. The highest BCUT2D eigenvalue weighted by atomic mass is 16.5. The van der Waals surface area contributed by atoms with E-state index >= 15 is 0 Å². The van der Waals surface area contributed by atoms with E-state index in [1.165, 1.54) is 5.56 Å². The Labute approximate surface area is 103 Å². The Morgan fingerprint density at radius 2 is 1.82 bits per heavy atom. The molecule has 17 heavy (non-hydrogen) atoms. The fourth-order valence-corrected chi connectivity index (χ4v) is 1.51. The number of hydrogen-bond donors (Lipinski definition) is 1. The molecule has 0 fully saturated rings. The number of methoxy groups -OCH3 is 1. The molecule has 0 saturated heterocycles. The first-order valence-corrected chi connectivity index (χ1v) is 6.04. The van der Waals surface area contributed by atoms with Crippen LogP contribution in [0.5, 0.6) is 5.75 Å². The maximum Gasteiger partial charge on any atom is 0.118 e. The first-order valence-electron chi connectivity index (χ1n) is 6.04. The van der Waals surface area contributed by atoms with Crippen molar-refractivity contribution in [1.29, 1.82) is 0 Å². The van der Waals surface area contributed by atoms with Gasteiger partial charge in [0.2, 0.25) is 0 Å². The molecule has 0 saturated carbocycles. The van der Waals surface area contributed by atoms with Crippen molar-refractivity contribution >= 4 is 0 Å². The lowest BCUT2D eigenvalue weighted by Crippen LogP contribution is -2.19. The van der Waals surface area contributed by atoms with Gasteiger partial charge in [-0.3, -0.25) is 0 Å². The van der Waals surface area contributed by atoms with Crippen molar-refractivity contribution in [2.75, 3.05) is 13.7 Å². The van der Waals surface area contributed by atoms with Gasteiger partial charge < -0.3 is 14.6 Å². The number of aliphatic hydroxyl groups is 1. The SMILES string of the molecule is COc1ccc(CCC(O)COC(C)C)cc1. The number of benzene rings is 1. The van der Waals surface area contributed by atoms with Crippen LogP contribution < -0.4 is 4.74 Å². The van der Waals surface area contributed by atoms with Crippen molar-refractivity contribution in [2.24, 2.45) is 0 Å². The number of hydrogen-bond acceptors (Lipinski definition) is 3. The van der Waals surface area contributed by atoms with Crippen LogP contribution in [0.4, 0.5) is 0 Å². The first kappa shape index (κ1) is 14.0. The van der Waals surface area contributed by atoms with Crippen LogP contribution in [-0.4, -0.2) is 31.0 Å². The summed E-state index contributed by atoms with van der Waals surface area (Å²) >= 11 is 0. The predicted octanol–water partition coefficient (Wildman–Crippen LogP) is 2.41. The molecule has 0 amide bonds. The normalized spacial score (nSPS) is 12.8. The standard InChI is InChI=1S/C14H22O3/c1-11(2)17-10-13(15)7-4-12-5-8-14(16-3)9-6-12/h5-6,8-9,11,13,15H,4,7,10H2,1-3H3. The highest BCUT2D eigenvalue weighted by Crippen LogP contribution is 2.13.